The van der Waals surface area contributed by atoms with Gasteiger partial charge in [-0.05, 0) is 30.3 Å². The number of amides is 1. The third-order valence-electron chi connectivity index (χ3n) is 3.72. The fourth-order valence-corrected chi connectivity index (χ4v) is 3.77. The highest BCUT2D eigenvalue weighted by Crippen LogP contribution is 2.28. The van der Waals surface area contributed by atoms with E-state index in [4.69, 9.17) is 39.5 Å². The lowest BCUT2D eigenvalue weighted by atomic mass is 10.3. The Hall–Kier alpha value is -2.26. The van der Waals surface area contributed by atoms with Gasteiger partial charge in [0.25, 0.3) is 0 Å². The third-order valence-corrected chi connectivity index (χ3v) is 5.52. The Kier molecular flexibility index (Phi) is 7.98. The zero-order valence-electron chi connectivity index (χ0n) is 15.5. The van der Waals surface area contributed by atoms with Gasteiger partial charge in [0, 0.05) is 17.8 Å². The van der Waals surface area contributed by atoms with Crippen LogP contribution in [-0.4, -0.2) is 31.4 Å². The Morgan fingerprint density at radius 1 is 1.27 bits per heavy atom. The molecule has 0 unspecified atom stereocenters. The van der Waals surface area contributed by atoms with Crippen LogP contribution >= 0.6 is 46.6 Å². The molecule has 0 aliphatic rings. The molecule has 1 amide bonds. The summed E-state index contributed by atoms with van der Waals surface area (Å²) in [6.45, 7) is 4.35. The lowest BCUT2D eigenvalue weighted by molar-refractivity contribution is -0.113. The van der Waals surface area contributed by atoms with E-state index in [1.54, 1.807) is 42.6 Å². The number of hydrogen-bond donors (Lipinski definition) is 1. The second kappa shape index (κ2) is 10.7. The number of carbonyl (C=O) groups excluding carboxylic acids is 1. The number of halogens is 3. The number of benzene rings is 1. The van der Waals surface area contributed by atoms with Crippen molar-refractivity contribution in [2.75, 3.05) is 11.1 Å². The van der Waals surface area contributed by atoms with Gasteiger partial charge in [0.1, 0.15) is 12.4 Å². The average molecular weight is 485 g/mol. The number of anilines is 1. The lowest BCUT2D eigenvalue weighted by Crippen LogP contribution is -2.15. The molecule has 0 aliphatic heterocycles. The maximum atomic E-state index is 12.2. The standard InChI is InChI=1S/C19H16Cl3N5O2S/c1-2-8-27-16(10-29-15-6-5-12(20)9-13(15)21)25-26-19(27)30-11-17(28)24-14-4-3-7-23-18(14)22/h2-7,9H,1,8,10-11H2,(H,24,28). The van der Waals surface area contributed by atoms with Crippen molar-refractivity contribution in [2.45, 2.75) is 18.3 Å². The van der Waals surface area contributed by atoms with Crippen molar-refractivity contribution in [3.63, 3.8) is 0 Å². The molecule has 0 atom stereocenters. The first-order chi connectivity index (χ1) is 14.5. The highest BCUT2D eigenvalue weighted by molar-refractivity contribution is 7.99. The van der Waals surface area contributed by atoms with E-state index in [9.17, 15) is 4.79 Å². The topological polar surface area (TPSA) is 81.9 Å². The molecular formula is C19H16Cl3N5O2S. The average Bonchev–Trinajstić information content (AvgIpc) is 3.09. The first-order valence-electron chi connectivity index (χ1n) is 8.62. The number of carbonyl (C=O) groups is 1. The molecule has 0 saturated carbocycles. The number of aromatic nitrogens is 4. The summed E-state index contributed by atoms with van der Waals surface area (Å²) in [6, 6.07) is 8.33. The summed E-state index contributed by atoms with van der Waals surface area (Å²) in [5, 5.41) is 12.7. The first-order valence-corrected chi connectivity index (χ1v) is 10.7. The number of thioether (sulfide) groups is 1. The van der Waals surface area contributed by atoms with E-state index in [0.717, 1.165) is 0 Å². The van der Waals surface area contributed by atoms with Crippen molar-refractivity contribution in [3.8, 4) is 5.75 Å². The van der Waals surface area contributed by atoms with Crippen molar-refractivity contribution in [1.29, 1.82) is 0 Å². The minimum atomic E-state index is -0.242. The van der Waals surface area contributed by atoms with Crippen LogP contribution in [-0.2, 0) is 17.9 Å². The molecule has 156 valence electrons. The molecule has 0 spiro atoms. The van der Waals surface area contributed by atoms with E-state index in [0.29, 0.717) is 39.0 Å². The van der Waals surface area contributed by atoms with E-state index in [2.05, 4.69) is 27.1 Å². The van der Waals surface area contributed by atoms with Crippen molar-refractivity contribution in [1.82, 2.24) is 19.7 Å². The van der Waals surface area contributed by atoms with E-state index < -0.39 is 0 Å². The minimum absolute atomic E-state index is 0.115. The molecule has 0 aliphatic carbocycles. The molecular weight excluding hydrogens is 469 g/mol. The van der Waals surface area contributed by atoms with Gasteiger partial charge in [0.15, 0.2) is 16.1 Å². The number of pyridine rings is 1. The summed E-state index contributed by atoms with van der Waals surface area (Å²) >= 11 is 19.2. The van der Waals surface area contributed by atoms with Gasteiger partial charge < -0.3 is 10.1 Å². The Bertz CT molecular complexity index is 1060. The largest absolute Gasteiger partial charge is 0.484 e. The van der Waals surface area contributed by atoms with E-state index in [1.165, 1.54) is 11.8 Å². The van der Waals surface area contributed by atoms with Crippen molar-refractivity contribution in [2.24, 2.45) is 0 Å². The summed E-state index contributed by atoms with van der Waals surface area (Å²) in [5.41, 5.74) is 0.450. The molecule has 0 saturated heterocycles. The number of allylic oxidation sites excluding steroid dienone is 1. The Morgan fingerprint density at radius 3 is 2.83 bits per heavy atom. The van der Waals surface area contributed by atoms with E-state index in [-0.39, 0.29) is 23.4 Å². The first kappa shape index (κ1) is 22.4. The predicted octanol–water partition coefficient (Wildman–Crippen LogP) is 5.13. The second-order valence-electron chi connectivity index (χ2n) is 5.84. The van der Waals surface area contributed by atoms with Gasteiger partial charge in [-0.15, -0.1) is 16.8 Å². The highest BCUT2D eigenvalue weighted by atomic mass is 35.5. The number of rotatable bonds is 9. The molecule has 2 aromatic heterocycles. The molecule has 11 heteroatoms. The summed E-state index contributed by atoms with van der Waals surface area (Å²) in [7, 11) is 0. The fraction of sp³-hybridized carbons (Fsp3) is 0.158. The molecule has 1 N–H and O–H groups in total. The van der Waals surface area contributed by atoms with Crippen LogP contribution in [0.15, 0.2) is 54.3 Å². The van der Waals surface area contributed by atoms with Gasteiger partial charge >= 0.3 is 0 Å². The number of nitrogens with one attached hydrogen (secondary N) is 1. The van der Waals surface area contributed by atoms with E-state index in [1.807, 2.05) is 4.57 Å². The lowest BCUT2D eigenvalue weighted by Gasteiger charge is -2.10. The Balaban J connectivity index is 1.64. The molecule has 2 heterocycles. The van der Waals surface area contributed by atoms with Crippen LogP contribution < -0.4 is 10.1 Å². The fourth-order valence-electron chi connectivity index (χ4n) is 2.38. The van der Waals surface area contributed by atoms with Crippen LogP contribution in [0.1, 0.15) is 5.82 Å². The predicted molar refractivity (Wildman–Crippen MR) is 120 cm³/mol. The normalized spacial score (nSPS) is 10.6. The summed E-state index contributed by atoms with van der Waals surface area (Å²) in [6.07, 6.45) is 3.26. The molecule has 3 rings (SSSR count). The summed E-state index contributed by atoms with van der Waals surface area (Å²) < 4.78 is 7.55. The summed E-state index contributed by atoms with van der Waals surface area (Å²) in [5.74, 6) is 0.925. The van der Waals surface area contributed by atoms with Crippen molar-refractivity contribution < 1.29 is 9.53 Å². The highest BCUT2D eigenvalue weighted by Gasteiger charge is 2.15. The van der Waals surface area contributed by atoms with Crippen LogP contribution in [0, 0.1) is 0 Å². The third kappa shape index (κ3) is 5.89. The maximum Gasteiger partial charge on any atom is 0.234 e. The molecule has 1 aromatic carbocycles. The smallest absolute Gasteiger partial charge is 0.234 e. The Labute approximate surface area is 192 Å². The molecule has 0 fully saturated rings. The van der Waals surface area contributed by atoms with Gasteiger partial charge in [-0.1, -0.05) is 52.6 Å². The van der Waals surface area contributed by atoms with Crippen LogP contribution in [0.25, 0.3) is 0 Å². The summed E-state index contributed by atoms with van der Waals surface area (Å²) in [4.78, 5) is 16.2. The van der Waals surface area contributed by atoms with Crippen molar-refractivity contribution >= 4 is 58.2 Å². The van der Waals surface area contributed by atoms with Crippen LogP contribution in [0.5, 0.6) is 5.75 Å². The van der Waals surface area contributed by atoms with Gasteiger partial charge in [-0.3, -0.25) is 9.36 Å². The van der Waals surface area contributed by atoms with Gasteiger partial charge in [0.05, 0.1) is 16.5 Å². The Morgan fingerprint density at radius 2 is 2.10 bits per heavy atom. The molecule has 0 bridgehead atoms. The minimum Gasteiger partial charge on any atom is -0.484 e. The van der Waals surface area contributed by atoms with Gasteiger partial charge in [0.2, 0.25) is 5.91 Å². The monoisotopic (exact) mass is 483 g/mol. The zero-order chi connectivity index (χ0) is 21.5. The molecule has 30 heavy (non-hydrogen) atoms. The number of hydrogen-bond acceptors (Lipinski definition) is 6. The number of nitrogens with zero attached hydrogens (tertiary/aromatic N) is 4. The van der Waals surface area contributed by atoms with Gasteiger partial charge in [-0.2, -0.15) is 0 Å². The van der Waals surface area contributed by atoms with Crippen LogP contribution in [0.3, 0.4) is 0 Å². The van der Waals surface area contributed by atoms with E-state index >= 15 is 0 Å². The molecule has 3 aromatic rings. The van der Waals surface area contributed by atoms with Crippen LogP contribution in [0.2, 0.25) is 15.2 Å². The quantitative estimate of drug-likeness (QED) is 0.258. The molecule has 0 radical (unpaired) electrons. The number of ether oxygens (including phenoxy) is 1. The molecule has 7 nitrogen and oxygen atoms in total. The van der Waals surface area contributed by atoms with Crippen LogP contribution in [0.4, 0.5) is 5.69 Å². The maximum absolute atomic E-state index is 12.2. The second-order valence-corrected chi connectivity index (χ2v) is 7.98. The SMILES string of the molecule is C=CCn1c(COc2ccc(Cl)cc2Cl)nnc1SCC(=O)Nc1cccnc1Cl. The van der Waals surface area contributed by atoms with Crippen molar-refractivity contribution in [3.05, 3.63) is 70.2 Å². The van der Waals surface area contributed by atoms with Gasteiger partial charge in [-0.25, -0.2) is 4.98 Å². The zero-order valence-corrected chi connectivity index (χ0v) is 18.6.